The summed E-state index contributed by atoms with van der Waals surface area (Å²) in [5.41, 5.74) is 4.32. The smallest absolute Gasteiger partial charge is 0.325 e. The molecule has 12 heteroatoms. The molecule has 220 valence electrons. The molecule has 2 heterocycles. The quantitative estimate of drug-likeness (QED) is 0.422. The third-order valence-electron chi connectivity index (χ3n) is 9.16. The summed E-state index contributed by atoms with van der Waals surface area (Å²) in [7, 11) is 2.13. The first kappa shape index (κ1) is 29.2. The van der Waals surface area contributed by atoms with E-state index in [0.717, 1.165) is 56.4 Å². The molecular formula is C28H38F4N6OS. The summed E-state index contributed by atoms with van der Waals surface area (Å²) in [6.07, 6.45) is 0.506. The van der Waals surface area contributed by atoms with Crippen LogP contribution in [0.2, 0.25) is 0 Å². The maximum atomic E-state index is 13.9. The van der Waals surface area contributed by atoms with Gasteiger partial charge in [-0.2, -0.15) is 13.2 Å². The Kier molecular flexibility index (Phi) is 8.17. The molecule has 3 aliphatic rings. The minimum absolute atomic E-state index is 0.00495. The second-order valence-electron chi connectivity index (χ2n) is 11.7. The van der Waals surface area contributed by atoms with E-state index < -0.39 is 23.6 Å². The van der Waals surface area contributed by atoms with Gasteiger partial charge in [-0.3, -0.25) is 4.90 Å². The van der Waals surface area contributed by atoms with Gasteiger partial charge in [0.15, 0.2) is 0 Å². The van der Waals surface area contributed by atoms with E-state index in [4.69, 9.17) is 5.73 Å². The highest BCUT2D eigenvalue weighted by Gasteiger charge is 2.64. The van der Waals surface area contributed by atoms with Gasteiger partial charge in [0.05, 0.1) is 5.56 Å². The fourth-order valence-electron chi connectivity index (χ4n) is 6.71. The number of aromatic nitrogens is 1. The minimum atomic E-state index is -4.85. The van der Waals surface area contributed by atoms with Crippen LogP contribution in [-0.2, 0) is 18.1 Å². The van der Waals surface area contributed by atoms with Crippen LogP contribution < -0.4 is 11.1 Å². The molecule has 40 heavy (non-hydrogen) atoms. The molecule has 1 aromatic carbocycles. The molecule has 1 saturated heterocycles. The predicted octanol–water partition coefficient (Wildman–Crippen LogP) is 5.13. The van der Waals surface area contributed by atoms with Crippen molar-refractivity contribution in [2.75, 3.05) is 38.5 Å². The van der Waals surface area contributed by atoms with Crippen LogP contribution in [0.3, 0.4) is 0 Å². The number of hydrogen-bond donors (Lipinski definition) is 2. The van der Waals surface area contributed by atoms with Crippen LogP contribution in [0.1, 0.15) is 55.0 Å². The van der Waals surface area contributed by atoms with Crippen LogP contribution in [0.15, 0.2) is 24.4 Å². The van der Waals surface area contributed by atoms with E-state index in [2.05, 4.69) is 41.0 Å². The Balaban J connectivity index is 1.32. The average Bonchev–Trinajstić information content (AvgIpc) is 3.24. The van der Waals surface area contributed by atoms with Gasteiger partial charge >= 0.3 is 12.2 Å². The fourth-order valence-corrected chi connectivity index (χ4v) is 7.79. The van der Waals surface area contributed by atoms with Crippen LogP contribution in [-0.4, -0.2) is 77.1 Å². The third-order valence-corrected chi connectivity index (χ3v) is 10.4. The maximum absolute atomic E-state index is 13.9. The van der Waals surface area contributed by atoms with Crippen molar-refractivity contribution in [1.29, 1.82) is 0 Å². The van der Waals surface area contributed by atoms with Crippen molar-refractivity contribution in [3.63, 3.8) is 0 Å². The number of fused-ring (bicyclic) bond motifs is 1. The summed E-state index contributed by atoms with van der Waals surface area (Å²) in [4.78, 5) is 25.9. The summed E-state index contributed by atoms with van der Waals surface area (Å²) in [5, 5.41) is 3.54. The molecule has 7 nitrogen and oxygen atoms in total. The Morgan fingerprint density at radius 3 is 2.73 bits per heavy atom. The van der Waals surface area contributed by atoms with Crippen molar-refractivity contribution in [3.8, 4) is 0 Å². The van der Waals surface area contributed by atoms with Crippen LogP contribution in [0.25, 0.3) is 0 Å². The SMILES string of the molecule is C[C@H]1CN(CCCN(C(=O)Nc2ccc(F)c(C(F)(F)F)c2)[C@@H]2CCC3(c4cnc(CN)s4)C[C@H]23)[C@@H](C)CN1C. The number of carbonyl (C=O) groups is 1. The van der Waals surface area contributed by atoms with Gasteiger partial charge in [0.1, 0.15) is 10.8 Å². The van der Waals surface area contributed by atoms with Crippen molar-refractivity contribution >= 4 is 23.1 Å². The van der Waals surface area contributed by atoms with Gasteiger partial charge in [-0.1, -0.05) is 0 Å². The van der Waals surface area contributed by atoms with E-state index in [1.54, 1.807) is 11.3 Å². The molecule has 5 atom stereocenters. The lowest BCUT2D eigenvalue weighted by molar-refractivity contribution is -0.139. The lowest BCUT2D eigenvalue weighted by Crippen LogP contribution is -2.55. The molecule has 2 aliphatic carbocycles. The molecule has 1 aliphatic heterocycles. The first-order valence-corrected chi connectivity index (χ1v) is 14.8. The second kappa shape index (κ2) is 11.2. The summed E-state index contributed by atoms with van der Waals surface area (Å²) in [6.45, 7) is 8.05. The monoisotopic (exact) mass is 582 g/mol. The summed E-state index contributed by atoms with van der Waals surface area (Å²) < 4.78 is 53.8. The zero-order valence-corrected chi connectivity index (χ0v) is 24.0. The zero-order valence-electron chi connectivity index (χ0n) is 23.2. The van der Waals surface area contributed by atoms with Gasteiger partial charge in [0.2, 0.25) is 0 Å². The molecule has 1 unspecified atom stereocenters. The van der Waals surface area contributed by atoms with E-state index in [1.807, 2.05) is 11.1 Å². The van der Waals surface area contributed by atoms with Gasteiger partial charge in [-0.15, -0.1) is 11.3 Å². The predicted molar refractivity (Wildman–Crippen MR) is 148 cm³/mol. The number of nitrogens with zero attached hydrogens (tertiary/aromatic N) is 4. The van der Waals surface area contributed by atoms with E-state index in [-0.39, 0.29) is 23.1 Å². The maximum Gasteiger partial charge on any atom is 0.419 e. The van der Waals surface area contributed by atoms with Crippen molar-refractivity contribution < 1.29 is 22.4 Å². The largest absolute Gasteiger partial charge is 0.419 e. The summed E-state index contributed by atoms with van der Waals surface area (Å²) >= 11 is 1.63. The third kappa shape index (κ3) is 5.73. The number of likely N-dealkylation sites (N-methyl/N-ethyl adjacent to an activating group) is 1. The number of urea groups is 1. The summed E-state index contributed by atoms with van der Waals surface area (Å²) in [6, 6.07) is 2.95. The van der Waals surface area contributed by atoms with E-state index >= 15 is 0 Å². The molecule has 1 aromatic heterocycles. The van der Waals surface area contributed by atoms with Gasteiger partial charge in [-0.25, -0.2) is 14.2 Å². The molecule has 2 aromatic rings. The Morgan fingerprint density at radius 2 is 2.05 bits per heavy atom. The lowest BCUT2D eigenvalue weighted by Gasteiger charge is -2.42. The van der Waals surface area contributed by atoms with Crippen LogP contribution in [0.4, 0.5) is 28.0 Å². The second-order valence-corrected chi connectivity index (χ2v) is 12.8. The van der Waals surface area contributed by atoms with Gasteiger partial charge in [0, 0.05) is 73.0 Å². The minimum Gasteiger partial charge on any atom is -0.325 e. The standard InChI is InChI=1S/C28H38F4N6OS/c1-17-16-37(18(2)15-36(17)3)9-4-10-38(26(39)35-19-5-6-22(29)20(11-19)28(30,31)32)23-7-8-27(12-21(23)27)24-14-34-25(13-33)40-24/h5-6,11,14,17-18,21,23H,4,7-10,12-13,15-16,33H2,1-3H3,(H,35,39)/t17-,18-,21+,23+,27?/m0/s1. The highest BCUT2D eigenvalue weighted by atomic mass is 32.1. The lowest BCUT2D eigenvalue weighted by atomic mass is 10.0. The van der Waals surface area contributed by atoms with Gasteiger partial charge in [0.25, 0.3) is 0 Å². The van der Waals surface area contributed by atoms with Crippen molar-refractivity contribution in [1.82, 2.24) is 19.7 Å². The van der Waals surface area contributed by atoms with Crippen molar-refractivity contribution in [2.24, 2.45) is 11.7 Å². The van der Waals surface area contributed by atoms with E-state index in [0.29, 0.717) is 31.2 Å². The normalized spacial score (nSPS) is 28.9. The number of thiazole rings is 1. The Bertz CT molecular complexity index is 1220. The van der Waals surface area contributed by atoms with Gasteiger partial charge in [-0.05, 0) is 70.7 Å². The van der Waals surface area contributed by atoms with Crippen LogP contribution >= 0.6 is 11.3 Å². The highest BCUT2D eigenvalue weighted by molar-refractivity contribution is 7.11. The number of carbonyl (C=O) groups excluding carboxylic acids is 1. The van der Waals surface area contributed by atoms with Crippen LogP contribution in [0.5, 0.6) is 0 Å². The molecular weight excluding hydrogens is 544 g/mol. The molecule has 0 bridgehead atoms. The van der Waals surface area contributed by atoms with E-state index in [9.17, 15) is 22.4 Å². The number of nitrogens with two attached hydrogens (primary N) is 1. The number of anilines is 1. The topological polar surface area (TPSA) is 77.7 Å². The molecule has 2 saturated carbocycles. The molecule has 3 fully saturated rings. The van der Waals surface area contributed by atoms with Crippen molar-refractivity contribution in [3.05, 3.63) is 45.7 Å². The number of piperazine rings is 1. The number of alkyl halides is 3. The zero-order chi connectivity index (χ0) is 28.8. The molecule has 0 radical (unpaired) electrons. The van der Waals surface area contributed by atoms with E-state index in [1.165, 1.54) is 10.9 Å². The molecule has 0 spiro atoms. The number of rotatable bonds is 8. The first-order chi connectivity index (χ1) is 18.9. The highest BCUT2D eigenvalue weighted by Crippen LogP contribution is 2.66. The fraction of sp³-hybridized carbons (Fsp3) is 0.643. The first-order valence-electron chi connectivity index (χ1n) is 14.0. The van der Waals surface area contributed by atoms with Crippen molar-refractivity contribution in [2.45, 2.75) is 75.8 Å². The summed E-state index contributed by atoms with van der Waals surface area (Å²) in [5.74, 6) is -1.09. The molecule has 5 rings (SSSR count). The molecule has 3 N–H and O–H groups in total. The number of halogens is 4. The number of nitrogens with one attached hydrogen (secondary N) is 1. The number of amides is 2. The Morgan fingerprint density at radius 1 is 1.27 bits per heavy atom. The molecule has 2 amide bonds. The van der Waals surface area contributed by atoms with Gasteiger partial charge < -0.3 is 20.9 Å². The number of hydrogen-bond acceptors (Lipinski definition) is 6. The average molecular weight is 583 g/mol. The number of benzene rings is 1. The Hall–Kier alpha value is -2.28. The van der Waals surface area contributed by atoms with Crippen LogP contribution in [0, 0.1) is 11.7 Å². The Labute approximate surface area is 236 Å².